The van der Waals surface area contributed by atoms with Crippen LogP contribution in [0.3, 0.4) is 0 Å². The summed E-state index contributed by atoms with van der Waals surface area (Å²) in [5, 5.41) is 3.51. The highest BCUT2D eigenvalue weighted by Gasteiger charge is 2.05. The summed E-state index contributed by atoms with van der Waals surface area (Å²) >= 11 is 3.57. The molecule has 0 saturated heterocycles. The molecule has 0 N–H and O–H groups in total. The van der Waals surface area contributed by atoms with Gasteiger partial charge in [-0.2, -0.15) is 0 Å². The molecule has 3 rings (SSSR count). The fraction of sp³-hybridized carbons (Fsp3) is 0.333. The van der Waals surface area contributed by atoms with Gasteiger partial charge in [0.25, 0.3) is 0 Å². The second-order valence-electron chi connectivity index (χ2n) is 9.51. The Morgan fingerprint density at radius 2 is 1.24 bits per heavy atom. The van der Waals surface area contributed by atoms with Crippen molar-refractivity contribution in [3.8, 4) is 0 Å². The third kappa shape index (κ3) is 20.7. The van der Waals surface area contributed by atoms with Crippen molar-refractivity contribution in [2.24, 2.45) is 0 Å². The summed E-state index contributed by atoms with van der Waals surface area (Å²) < 4.78 is 1.15. The van der Waals surface area contributed by atoms with E-state index >= 15 is 0 Å². The molecule has 0 aliphatic rings. The van der Waals surface area contributed by atoms with Crippen molar-refractivity contribution in [3.63, 3.8) is 0 Å². The Morgan fingerprint density at radius 1 is 0.805 bits per heavy atom. The quantitative estimate of drug-likeness (QED) is 0.195. The molecule has 0 aliphatic heterocycles. The number of thiophene rings is 1. The van der Waals surface area contributed by atoms with E-state index in [1.807, 2.05) is 64.6 Å². The number of thioether (sulfide) groups is 1. The monoisotopic (exact) mass is 588 g/mol. The first-order valence-electron chi connectivity index (χ1n) is 14.6. The van der Waals surface area contributed by atoms with Crippen LogP contribution in [0.15, 0.2) is 109 Å². The van der Waals surface area contributed by atoms with E-state index in [0.29, 0.717) is 0 Å². The van der Waals surface area contributed by atoms with Crippen molar-refractivity contribution in [3.05, 3.63) is 135 Å². The Balaban J connectivity index is 0. The van der Waals surface area contributed by atoms with E-state index in [9.17, 15) is 0 Å². The van der Waals surface area contributed by atoms with Gasteiger partial charge in [-0.15, -0.1) is 29.7 Å². The van der Waals surface area contributed by atoms with Gasteiger partial charge in [-0.1, -0.05) is 131 Å². The molecule has 41 heavy (non-hydrogen) atoms. The van der Waals surface area contributed by atoms with Gasteiger partial charge in [0, 0.05) is 15.5 Å². The number of benzene rings is 2. The summed E-state index contributed by atoms with van der Waals surface area (Å²) in [6.45, 7) is 32.4. The average molecular weight is 589 g/mol. The van der Waals surface area contributed by atoms with Crippen LogP contribution in [0.4, 0.5) is 0 Å². The van der Waals surface area contributed by atoms with Crippen LogP contribution in [-0.4, -0.2) is 5.75 Å². The average Bonchev–Trinajstić information content (AvgIpc) is 3.38. The predicted octanol–water partition coefficient (Wildman–Crippen LogP) is 11.7. The Labute approximate surface area is 262 Å². The van der Waals surface area contributed by atoms with Crippen molar-refractivity contribution in [1.82, 2.24) is 0 Å². The fourth-order valence-corrected chi connectivity index (χ4v) is 4.99. The van der Waals surface area contributed by atoms with Gasteiger partial charge in [-0.3, -0.25) is 0 Å². The standard InChI is InChI=1S/C17H22S2.2C8H10.C4H8.C2H6/c1-7-8-9-13(4)16-11-19-15(6)17(16)14(5)18-10-12(2)3;2*1-2-8-6-4-3-5-7-8;1-4(2)3;1-2/h7-9,11H,2,6,10H2,1,3-5H3;2*3-7H,2H2,1H3;1H2,2-3H3;1-2H3/b8-7-,13-9+,17-14-;;;;. The van der Waals surface area contributed by atoms with Gasteiger partial charge < -0.3 is 0 Å². The summed E-state index contributed by atoms with van der Waals surface area (Å²) in [7, 11) is 0. The Hall–Kier alpha value is -2.81. The van der Waals surface area contributed by atoms with E-state index in [0.717, 1.165) is 23.1 Å². The Bertz CT molecular complexity index is 1210. The topological polar surface area (TPSA) is 0 Å². The number of hydrogen-bond acceptors (Lipinski definition) is 2. The zero-order valence-corrected chi connectivity index (χ0v) is 29.3. The molecule has 0 bridgehead atoms. The molecule has 2 heteroatoms. The van der Waals surface area contributed by atoms with Crippen molar-refractivity contribution < 1.29 is 0 Å². The molecule has 0 fully saturated rings. The third-order valence-corrected chi connectivity index (χ3v) is 7.34. The first-order chi connectivity index (χ1) is 19.6. The molecule has 0 radical (unpaired) electrons. The van der Waals surface area contributed by atoms with Gasteiger partial charge in [-0.25, -0.2) is 0 Å². The number of hydrogen-bond donors (Lipinski definition) is 0. The molecule has 224 valence electrons. The van der Waals surface area contributed by atoms with Crippen LogP contribution in [0.5, 0.6) is 0 Å². The third-order valence-electron chi connectivity index (χ3n) is 5.22. The second-order valence-corrected chi connectivity index (χ2v) is 11.7. The highest BCUT2D eigenvalue weighted by Crippen LogP contribution is 2.19. The molecule has 0 saturated carbocycles. The molecule has 2 aromatic carbocycles. The SMILES string of the molecule is C=C(C)C.C=C(C)CS/C(C)=c1\c(/C(C)=C/C=C\C)csc1=C.CC.CCc1ccccc1.CCc1ccccc1. The van der Waals surface area contributed by atoms with E-state index in [1.165, 1.54) is 43.5 Å². The minimum atomic E-state index is 0.970. The number of rotatable bonds is 7. The van der Waals surface area contributed by atoms with Crippen molar-refractivity contribution in [2.75, 3.05) is 5.75 Å². The normalized spacial score (nSPS) is 10.8. The molecule has 0 aliphatic carbocycles. The van der Waals surface area contributed by atoms with Gasteiger partial charge in [0.1, 0.15) is 0 Å². The maximum atomic E-state index is 4.17. The zero-order chi connectivity index (χ0) is 31.6. The lowest BCUT2D eigenvalue weighted by atomic mass is 10.1. The first-order valence-corrected chi connectivity index (χ1v) is 16.5. The van der Waals surface area contributed by atoms with Gasteiger partial charge >= 0.3 is 0 Å². The van der Waals surface area contributed by atoms with Gasteiger partial charge in [0.2, 0.25) is 0 Å². The lowest BCUT2D eigenvalue weighted by Gasteiger charge is -2.03. The van der Waals surface area contributed by atoms with Gasteiger partial charge in [0.15, 0.2) is 0 Å². The summed E-state index contributed by atoms with van der Waals surface area (Å²) in [5.41, 5.74) is 7.78. The van der Waals surface area contributed by atoms with E-state index < -0.39 is 0 Å². The minimum absolute atomic E-state index is 0.970. The Morgan fingerprint density at radius 3 is 1.59 bits per heavy atom. The van der Waals surface area contributed by atoms with Crippen LogP contribution in [0.25, 0.3) is 17.1 Å². The predicted molar refractivity (Wildman–Crippen MR) is 197 cm³/mol. The summed E-state index contributed by atoms with van der Waals surface area (Å²) in [6, 6.07) is 20.9. The second kappa shape index (κ2) is 26.1. The number of allylic oxidation sites excluding steroid dienone is 5. The Kier molecular flexibility index (Phi) is 25.7. The highest BCUT2D eigenvalue weighted by atomic mass is 32.2. The van der Waals surface area contributed by atoms with Crippen LogP contribution in [0, 0.1) is 0 Å². The maximum Gasteiger partial charge on any atom is 0.0285 e. The van der Waals surface area contributed by atoms with Crippen LogP contribution < -0.4 is 9.75 Å². The molecular weight excluding hydrogens is 533 g/mol. The first kappa shape index (κ1) is 40.3. The largest absolute Gasteiger partial charge is 0.144 e. The molecule has 1 heterocycles. The van der Waals surface area contributed by atoms with Gasteiger partial charge in [-0.05, 0) is 86.9 Å². The van der Waals surface area contributed by atoms with Crippen molar-refractivity contribution in [1.29, 1.82) is 0 Å². The van der Waals surface area contributed by atoms with Crippen LogP contribution in [0.2, 0.25) is 0 Å². The fourth-order valence-electron chi connectivity index (χ4n) is 3.14. The van der Waals surface area contributed by atoms with E-state index in [1.54, 1.807) is 11.3 Å². The zero-order valence-electron chi connectivity index (χ0n) is 27.6. The molecule has 0 nitrogen and oxygen atoms in total. The summed E-state index contributed by atoms with van der Waals surface area (Å²) in [4.78, 5) is 1.33. The van der Waals surface area contributed by atoms with E-state index in [2.05, 4.69) is 120 Å². The molecular formula is C39H56S2. The minimum Gasteiger partial charge on any atom is -0.144 e. The smallest absolute Gasteiger partial charge is 0.0285 e. The molecule has 0 amide bonds. The number of aryl methyl sites for hydroxylation is 2. The molecule has 0 atom stereocenters. The summed E-state index contributed by atoms with van der Waals surface area (Å²) in [5.74, 6) is 0.970. The van der Waals surface area contributed by atoms with E-state index in [-0.39, 0.29) is 0 Å². The highest BCUT2D eigenvalue weighted by molar-refractivity contribution is 8.08. The molecule has 0 unspecified atom stereocenters. The molecule has 3 aromatic rings. The van der Waals surface area contributed by atoms with Crippen molar-refractivity contribution >= 4 is 40.2 Å². The lowest BCUT2D eigenvalue weighted by molar-refractivity contribution is 1.14. The van der Waals surface area contributed by atoms with Crippen LogP contribution >= 0.6 is 23.1 Å². The summed E-state index contributed by atoms with van der Waals surface area (Å²) in [6.07, 6.45) is 8.56. The lowest BCUT2D eigenvalue weighted by Crippen LogP contribution is -2.21. The van der Waals surface area contributed by atoms with Crippen LogP contribution in [0.1, 0.15) is 85.9 Å². The van der Waals surface area contributed by atoms with Crippen LogP contribution in [-0.2, 0) is 12.8 Å². The maximum absolute atomic E-state index is 4.17. The van der Waals surface area contributed by atoms with Gasteiger partial charge in [0.05, 0.1) is 0 Å². The van der Waals surface area contributed by atoms with Crippen molar-refractivity contribution in [2.45, 2.75) is 82.1 Å². The molecule has 0 spiro atoms. The van der Waals surface area contributed by atoms with E-state index in [4.69, 9.17) is 0 Å². The molecule has 1 aromatic heterocycles.